The van der Waals surface area contributed by atoms with Gasteiger partial charge in [-0.2, -0.15) is 0 Å². The Labute approximate surface area is 507 Å². The van der Waals surface area contributed by atoms with Gasteiger partial charge in [0.05, 0.1) is 25.4 Å². The van der Waals surface area contributed by atoms with Crippen molar-refractivity contribution in [3.05, 3.63) is 24.3 Å². The van der Waals surface area contributed by atoms with Crippen molar-refractivity contribution in [3.8, 4) is 0 Å². The van der Waals surface area contributed by atoms with Crippen LogP contribution in [-0.2, 0) is 14.3 Å². The number of aliphatic hydroxyl groups excluding tert-OH is 2. The molecule has 0 heterocycles. The first-order valence-corrected chi connectivity index (χ1v) is 37.1. The molecule has 0 saturated carbocycles. The average molecular weight is 1140 g/mol. The van der Waals surface area contributed by atoms with Crippen molar-refractivity contribution in [3.63, 3.8) is 0 Å². The molecule has 0 aromatic rings. The SMILES string of the molecule is CCCCCCCCCCCCC/C=C/C(O)C(CO)NC(=O)CCCCCCCCCCCCCCCCCCC/C=C\CCCCCCCCCCCCCCCCOC(=O)CCCCCCCCCCCCCCCCCC. The molecule has 0 bridgehead atoms. The minimum absolute atomic E-state index is 0.0242. The molecule has 0 saturated heterocycles. The van der Waals surface area contributed by atoms with Gasteiger partial charge in [-0.3, -0.25) is 9.59 Å². The number of esters is 1. The van der Waals surface area contributed by atoms with Gasteiger partial charge in [-0.1, -0.05) is 372 Å². The van der Waals surface area contributed by atoms with Gasteiger partial charge in [-0.25, -0.2) is 0 Å². The first-order chi connectivity index (χ1) is 40.0. The largest absolute Gasteiger partial charge is 0.466 e. The molecule has 0 aromatic carbocycles. The first-order valence-electron chi connectivity index (χ1n) is 37.1. The summed E-state index contributed by atoms with van der Waals surface area (Å²) < 4.78 is 5.51. The molecule has 0 aliphatic carbocycles. The molecule has 0 spiro atoms. The van der Waals surface area contributed by atoms with Crippen LogP contribution in [0.1, 0.15) is 418 Å². The number of carbonyl (C=O) groups is 2. The maximum absolute atomic E-state index is 12.5. The molecule has 6 nitrogen and oxygen atoms in total. The van der Waals surface area contributed by atoms with Gasteiger partial charge >= 0.3 is 5.97 Å². The number of ether oxygens (including phenoxy) is 1. The summed E-state index contributed by atoms with van der Waals surface area (Å²) in [7, 11) is 0. The summed E-state index contributed by atoms with van der Waals surface area (Å²) in [6.45, 7) is 4.94. The summed E-state index contributed by atoms with van der Waals surface area (Å²) in [5.74, 6) is -0.0384. The maximum atomic E-state index is 12.5. The highest BCUT2D eigenvalue weighted by Gasteiger charge is 2.18. The number of hydrogen-bond acceptors (Lipinski definition) is 5. The molecule has 480 valence electrons. The van der Waals surface area contributed by atoms with E-state index in [1.54, 1.807) is 6.08 Å². The lowest BCUT2D eigenvalue weighted by Crippen LogP contribution is -2.45. The van der Waals surface area contributed by atoms with E-state index in [-0.39, 0.29) is 18.5 Å². The van der Waals surface area contributed by atoms with Gasteiger partial charge in [-0.05, 0) is 57.8 Å². The van der Waals surface area contributed by atoms with Crippen molar-refractivity contribution in [2.45, 2.75) is 431 Å². The van der Waals surface area contributed by atoms with Crippen LogP contribution in [0.25, 0.3) is 0 Å². The lowest BCUT2D eigenvalue weighted by Gasteiger charge is -2.20. The van der Waals surface area contributed by atoms with E-state index >= 15 is 0 Å². The van der Waals surface area contributed by atoms with Crippen LogP contribution in [0, 0.1) is 0 Å². The van der Waals surface area contributed by atoms with Gasteiger partial charge in [0.25, 0.3) is 0 Å². The molecule has 0 fully saturated rings. The third-order valence-electron chi connectivity index (χ3n) is 17.5. The second-order valence-corrected chi connectivity index (χ2v) is 25.6. The topological polar surface area (TPSA) is 95.9 Å². The van der Waals surface area contributed by atoms with E-state index in [1.165, 1.54) is 353 Å². The summed E-state index contributed by atoms with van der Waals surface area (Å²) in [6, 6.07) is -0.624. The van der Waals surface area contributed by atoms with Crippen molar-refractivity contribution in [2.24, 2.45) is 0 Å². The number of amides is 1. The van der Waals surface area contributed by atoms with Crippen LogP contribution in [0.3, 0.4) is 0 Å². The lowest BCUT2D eigenvalue weighted by atomic mass is 10.0. The Morgan fingerprint density at radius 3 is 0.877 bits per heavy atom. The second kappa shape index (κ2) is 70.8. The van der Waals surface area contributed by atoms with E-state index in [1.807, 2.05) is 6.08 Å². The number of hydrogen-bond donors (Lipinski definition) is 3. The molecule has 2 unspecified atom stereocenters. The van der Waals surface area contributed by atoms with Crippen LogP contribution < -0.4 is 5.32 Å². The predicted octanol–water partition coefficient (Wildman–Crippen LogP) is 24.1. The number of unbranched alkanes of at least 4 members (excludes halogenated alkanes) is 57. The lowest BCUT2D eigenvalue weighted by molar-refractivity contribution is -0.143. The number of nitrogens with one attached hydrogen (secondary N) is 1. The summed E-state index contributed by atoms with van der Waals surface area (Å²) in [6.07, 6.45) is 90.0. The predicted molar refractivity (Wildman–Crippen MR) is 356 cm³/mol. The molecule has 6 heteroatoms. The van der Waals surface area contributed by atoms with E-state index in [4.69, 9.17) is 4.74 Å². The number of allylic oxidation sites excluding steroid dienone is 3. The van der Waals surface area contributed by atoms with Gasteiger partial charge in [-0.15, -0.1) is 0 Å². The molecule has 0 rings (SSSR count). The highest BCUT2D eigenvalue weighted by molar-refractivity contribution is 5.76. The smallest absolute Gasteiger partial charge is 0.305 e. The van der Waals surface area contributed by atoms with Crippen molar-refractivity contribution < 1.29 is 24.5 Å². The third-order valence-corrected chi connectivity index (χ3v) is 17.5. The summed E-state index contributed by atoms with van der Waals surface area (Å²) >= 11 is 0. The molecule has 2 atom stereocenters. The van der Waals surface area contributed by atoms with Gasteiger partial charge in [0.1, 0.15) is 0 Å². The fraction of sp³-hybridized carbons (Fsp3) is 0.920. The minimum Gasteiger partial charge on any atom is -0.466 e. The second-order valence-electron chi connectivity index (χ2n) is 25.6. The summed E-state index contributed by atoms with van der Waals surface area (Å²) in [4.78, 5) is 24.6. The molecule has 0 radical (unpaired) electrons. The van der Waals surface area contributed by atoms with E-state index in [9.17, 15) is 19.8 Å². The average Bonchev–Trinajstić information content (AvgIpc) is 3.47. The minimum atomic E-state index is -0.841. The normalized spacial score (nSPS) is 12.6. The monoisotopic (exact) mass is 1140 g/mol. The molecule has 0 aliphatic heterocycles. The molecule has 81 heavy (non-hydrogen) atoms. The Morgan fingerprint density at radius 1 is 0.333 bits per heavy atom. The summed E-state index contributed by atoms with van der Waals surface area (Å²) in [5, 5.41) is 23.1. The Hall–Kier alpha value is -1.66. The molecular weight excluding hydrogens is 995 g/mol. The zero-order valence-electron chi connectivity index (χ0n) is 55.0. The Morgan fingerprint density at radius 2 is 0.580 bits per heavy atom. The standard InChI is InChI=1S/C75H145NO5/c1-3-5-7-9-11-13-15-17-18-41-45-49-53-57-61-65-69-75(80)81-70-66-62-58-54-50-46-42-39-37-35-33-31-29-27-25-23-21-19-20-22-24-26-28-30-32-34-36-38-40-44-48-52-56-60-64-68-74(79)76-72(71-77)73(78)67-63-59-55-51-47-43-16-14-12-10-8-6-4-2/h21,23,63,67,72-73,77-78H,3-20,22,24-62,64-66,68-71H2,1-2H3,(H,76,79)/b23-21-,67-63+. The maximum Gasteiger partial charge on any atom is 0.305 e. The van der Waals surface area contributed by atoms with Crippen LogP contribution in [0.4, 0.5) is 0 Å². The van der Waals surface area contributed by atoms with Gasteiger partial charge in [0, 0.05) is 12.8 Å². The van der Waals surface area contributed by atoms with E-state index in [0.29, 0.717) is 19.4 Å². The van der Waals surface area contributed by atoms with E-state index < -0.39 is 12.1 Å². The summed E-state index contributed by atoms with van der Waals surface area (Å²) in [5.41, 5.74) is 0. The van der Waals surface area contributed by atoms with Gasteiger partial charge in [0.15, 0.2) is 0 Å². The van der Waals surface area contributed by atoms with E-state index in [0.717, 1.165) is 38.5 Å². The Bertz CT molecular complexity index is 1270. The van der Waals surface area contributed by atoms with Crippen LogP contribution in [-0.4, -0.2) is 47.4 Å². The van der Waals surface area contributed by atoms with Crippen molar-refractivity contribution in [2.75, 3.05) is 13.2 Å². The fourth-order valence-corrected chi connectivity index (χ4v) is 11.8. The van der Waals surface area contributed by atoms with Crippen LogP contribution >= 0.6 is 0 Å². The first kappa shape index (κ1) is 79.3. The van der Waals surface area contributed by atoms with Crippen molar-refractivity contribution >= 4 is 11.9 Å². The quantitative estimate of drug-likeness (QED) is 0.0320. The van der Waals surface area contributed by atoms with Crippen molar-refractivity contribution in [1.29, 1.82) is 0 Å². The van der Waals surface area contributed by atoms with Gasteiger partial charge < -0.3 is 20.3 Å². The Balaban J connectivity index is 3.32. The fourth-order valence-electron chi connectivity index (χ4n) is 11.8. The van der Waals surface area contributed by atoms with E-state index in [2.05, 4.69) is 31.3 Å². The number of rotatable bonds is 70. The molecule has 3 N–H and O–H groups in total. The van der Waals surface area contributed by atoms with Crippen LogP contribution in [0.2, 0.25) is 0 Å². The number of aliphatic hydroxyl groups is 2. The van der Waals surface area contributed by atoms with Gasteiger partial charge in [0.2, 0.25) is 5.91 Å². The highest BCUT2D eigenvalue weighted by Crippen LogP contribution is 2.19. The third kappa shape index (κ3) is 67.3. The molecule has 1 amide bonds. The van der Waals surface area contributed by atoms with Crippen LogP contribution in [0.15, 0.2) is 24.3 Å². The van der Waals surface area contributed by atoms with Crippen LogP contribution in [0.5, 0.6) is 0 Å². The highest BCUT2D eigenvalue weighted by atomic mass is 16.5. The molecular formula is C75H145NO5. The zero-order chi connectivity index (χ0) is 58.5. The zero-order valence-corrected chi connectivity index (χ0v) is 55.0. The Kier molecular flexibility index (Phi) is 69.4. The van der Waals surface area contributed by atoms with Crippen molar-refractivity contribution in [1.82, 2.24) is 5.32 Å². The molecule has 0 aromatic heterocycles. The molecule has 0 aliphatic rings. The number of carbonyl (C=O) groups excluding carboxylic acids is 2.